The molecule has 47 heavy (non-hydrogen) atoms. The van der Waals surface area contributed by atoms with Crippen LogP contribution in [0.5, 0.6) is 11.5 Å². The summed E-state index contributed by atoms with van der Waals surface area (Å²) in [4.78, 5) is 62.6. The van der Waals surface area contributed by atoms with E-state index in [0.29, 0.717) is 0 Å². The van der Waals surface area contributed by atoms with E-state index >= 15 is 0 Å². The monoisotopic (exact) mass is 662 g/mol. The molecule has 0 aliphatic heterocycles. The molecule has 16 heteroatoms. The number of benzene rings is 1. The first-order chi connectivity index (χ1) is 22.6. The lowest BCUT2D eigenvalue weighted by Crippen LogP contribution is -2.41. The van der Waals surface area contributed by atoms with Crippen molar-refractivity contribution in [3.05, 3.63) is 74.4 Å². The lowest BCUT2D eigenvalue weighted by molar-refractivity contribution is 0.0695. The first kappa shape index (κ1) is 39.4. The molecule has 1 aromatic rings. The number of hydrogen-bond acceptors (Lipinski definition) is 11. The zero-order valence-electron chi connectivity index (χ0n) is 26.2. The van der Waals surface area contributed by atoms with E-state index in [1.165, 1.54) is 52.3 Å². The predicted octanol–water partition coefficient (Wildman–Crippen LogP) is 3.22. The lowest BCUT2D eigenvalue weighted by atomic mass is 10.2. The van der Waals surface area contributed by atoms with E-state index in [1.54, 1.807) is 0 Å². The topological polar surface area (TPSA) is 192 Å². The van der Waals surface area contributed by atoms with Gasteiger partial charge >= 0.3 is 30.3 Å². The Morgan fingerprint density at radius 3 is 1.36 bits per heavy atom. The summed E-state index contributed by atoms with van der Waals surface area (Å²) in [5.41, 5.74) is -0.133. The van der Waals surface area contributed by atoms with E-state index < -0.39 is 30.3 Å². The maximum absolute atomic E-state index is 12.5. The van der Waals surface area contributed by atoms with Gasteiger partial charge in [-0.2, -0.15) is 0 Å². The quantitative estimate of drug-likeness (QED) is 0.115. The van der Waals surface area contributed by atoms with Crippen LogP contribution in [-0.4, -0.2) is 124 Å². The standard InChI is InChI=1S/C31H42N4O12/c1-5-15-44-28(38)32-9-11-34(30(40)46-17-7-3)13-19-42-25-21-24(27(36)37)22-26(23-25)43-20-14-35(31(41)47-18-8-4)12-10-33-29(39)45-16-6-2/h5-8,21-23H,1-4,9-20H2,(H,32,38)(H,33,39)(H,36,37). The summed E-state index contributed by atoms with van der Waals surface area (Å²) < 4.78 is 31.3. The van der Waals surface area contributed by atoms with Gasteiger partial charge in [-0.05, 0) is 12.1 Å². The molecule has 0 heterocycles. The predicted molar refractivity (Wildman–Crippen MR) is 170 cm³/mol. The summed E-state index contributed by atoms with van der Waals surface area (Å²) >= 11 is 0. The van der Waals surface area contributed by atoms with Crippen LogP contribution in [0.3, 0.4) is 0 Å². The van der Waals surface area contributed by atoms with Crippen LogP contribution in [0.4, 0.5) is 19.2 Å². The lowest BCUT2D eigenvalue weighted by Gasteiger charge is -2.23. The van der Waals surface area contributed by atoms with Gasteiger partial charge in [0.05, 0.1) is 18.7 Å². The molecule has 0 fully saturated rings. The highest BCUT2D eigenvalue weighted by atomic mass is 16.6. The minimum Gasteiger partial charge on any atom is -0.492 e. The molecule has 0 aliphatic rings. The Morgan fingerprint density at radius 2 is 1.00 bits per heavy atom. The van der Waals surface area contributed by atoms with Crippen LogP contribution in [0.2, 0.25) is 0 Å². The fourth-order valence-corrected chi connectivity index (χ4v) is 3.40. The molecule has 4 amide bonds. The highest BCUT2D eigenvalue weighted by Crippen LogP contribution is 2.23. The Balaban J connectivity index is 2.85. The van der Waals surface area contributed by atoms with Crippen molar-refractivity contribution in [3.63, 3.8) is 0 Å². The molecule has 1 aromatic carbocycles. The SMILES string of the molecule is C=CCOC(=O)NCCN(CCOc1cc(OCCN(CCNC(=O)OCC=C)C(=O)OCC=C)cc(C(=O)O)c1)C(=O)OCC=C. The van der Waals surface area contributed by atoms with Crippen molar-refractivity contribution < 1.29 is 57.5 Å². The Morgan fingerprint density at radius 1 is 0.617 bits per heavy atom. The average molecular weight is 663 g/mol. The Bertz CT molecular complexity index is 1140. The van der Waals surface area contributed by atoms with Gasteiger partial charge in [0.1, 0.15) is 51.1 Å². The first-order valence-electron chi connectivity index (χ1n) is 14.4. The van der Waals surface area contributed by atoms with Crippen molar-refractivity contribution in [3.8, 4) is 11.5 Å². The Labute approximate surface area is 273 Å². The number of rotatable bonds is 23. The number of nitrogens with one attached hydrogen (secondary N) is 2. The highest BCUT2D eigenvalue weighted by Gasteiger charge is 2.18. The third-order valence-corrected chi connectivity index (χ3v) is 5.52. The average Bonchev–Trinajstić information content (AvgIpc) is 3.06. The van der Waals surface area contributed by atoms with Crippen molar-refractivity contribution in [2.75, 3.05) is 78.9 Å². The first-order valence-corrected chi connectivity index (χ1v) is 14.4. The van der Waals surface area contributed by atoms with Crippen LogP contribution in [0.15, 0.2) is 68.8 Å². The van der Waals surface area contributed by atoms with E-state index in [2.05, 4.69) is 36.9 Å². The third-order valence-electron chi connectivity index (χ3n) is 5.52. The van der Waals surface area contributed by atoms with E-state index in [0.717, 1.165) is 0 Å². The Kier molecular flexibility index (Phi) is 19.8. The summed E-state index contributed by atoms with van der Waals surface area (Å²) in [5, 5.41) is 14.6. The molecular formula is C31H42N4O12. The van der Waals surface area contributed by atoms with Crippen LogP contribution in [0.1, 0.15) is 10.4 Å². The van der Waals surface area contributed by atoms with E-state index in [9.17, 15) is 29.1 Å². The molecule has 258 valence electrons. The number of hydrogen-bond donors (Lipinski definition) is 3. The summed E-state index contributed by atoms with van der Waals surface area (Å²) in [5.74, 6) is -0.974. The molecular weight excluding hydrogens is 620 g/mol. The third kappa shape index (κ3) is 17.4. The van der Waals surface area contributed by atoms with Crippen molar-refractivity contribution in [2.24, 2.45) is 0 Å². The van der Waals surface area contributed by atoms with Crippen molar-refractivity contribution >= 4 is 30.3 Å². The van der Waals surface area contributed by atoms with Gasteiger partial charge in [0.2, 0.25) is 0 Å². The minimum absolute atomic E-state index is 0.0177. The smallest absolute Gasteiger partial charge is 0.410 e. The van der Waals surface area contributed by atoms with Crippen LogP contribution >= 0.6 is 0 Å². The maximum atomic E-state index is 12.5. The molecule has 0 radical (unpaired) electrons. The normalized spacial score (nSPS) is 9.87. The number of alkyl carbamates (subject to hydrolysis) is 2. The molecule has 0 spiro atoms. The Hall–Kier alpha value is -5.67. The van der Waals surface area contributed by atoms with Crippen LogP contribution in [0, 0.1) is 0 Å². The summed E-state index contributed by atoms with van der Waals surface area (Å²) in [6, 6.07) is 4.01. The minimum atomic E-state index is -1.24. The second-order valence-electron chi connectivity index (χ2n) is 9.03. The molecule has 0 unspecified atom stereocenters. The summed E-state index contributed by atoms with van der Waals surface area (Å²) in [6.07, 6.45) is 2.89. The summed E-state index contributed by atoms with van der Waals surface area (Å²) in [6.45, 7) is 14.0. The number of carboxylic acid groups (broad SMARTS) is 1. The van der Waals surface area contributed by atoms with Gasteiger partial charge in [0.15, 0.2) is 0 Å². The van der Waals surface area contributed by atoms with E-state index in [-0.39, 0.29) is 96.0 Å². The second-order valence-corrected chi connectivity index (χ2v) is 9.03. The molecule has 3 N–H and O–H groups in total. The largest absolute Gasteiger partial charge is 0.492 e. The second kappa shape index (κ2) is 23.7. The molecule has 0 atom stereocenters. The van der Waals surface area contributed by atoms with Gasteiger partial charge in [-0.25, -0.2) is 24.0 Å². The zero-order chi connectivity index (χ0) is 34.9. The summed E-state index contributed by atoms with van der Waals surface area (Å²) in [7, 11) is 0. The van der Waals surface area contributed by atoms with Gasteiger partial charge in [0.25, 0.3) is 0 Å². The number of carbonyl (C=O) groups is 5. The maximum Gasteiger partial charge on any atom is 0.410 e. The fraction of sp³-hybridized carbons (Fsp3) is 0.387. The van der Waals surface area contributed by atoms with E-state index in [4.69, 9.17) is 28.4 Å². The number of carbonyl (C=O) groups excluding carboxylic acids is 4. The van der Waals surface area contributed by atoms with Gasteiger partial charge in [-0.15, -0.1) is 0 Å². The number of carboxylic acids is 1. The molecule has 16 nitrogen and oxygen atoms in total. The molecule has 0 saturated carbocycles. The molecule has 0 aliphatic carbocycles. The van der Waals surface area contributed by atoms with Gasteiger partial charge in [-0.1, -0.05) is 50.6 Å². The van der Waals surface area contributed by atoms with Gasteiger partial charge in [-0.3, -0.25) is 0 Å². The zero-order valence-corrected chi connectivity index (χ0v) is 26.2. The van der Waals surface area contributed by atoms with Crippen molar-refractivity contribution in [2.45, 2.75) is 0 Å². The van der Waals surface area contributed by atoms with Crippen LogP contribution in [-0.2, 0) is 18.9 Å². The number of nitrogens with zero attached hydrogens (tertiary/aromatic N) is 2. The van der Waals surface area contributed by atoms with Crippen molar-refractivity contribution in [1.82, 2.24) is 20.4 Å². The number of aromatic carboxylic acids is 1. The van der Waals surface area contributed by atoms with Crippen LogP contribution < -0.4 is 20.1 Å². The van der Waals surface area contributed by atoms with Gasteiger partial charge in [0, 0.05) is 32.2 Å². The number of ether oxygens (including phenoxy) is 6. The fourth-order valence-electron chi connectivity index (χ4n) is 3.40. The van der Waals surface area contributed by atoms with Crippen molar-refractivity contribution in [1.29, 1.82) is 0 Å². The van der Waals surface area contributed by atoms with Gasteiger partial charge < -0.3 is 54.0 Å². The highest BCUT2D eigenvalue weighted by molar-refractivity contribution is 5.88. The van der Waals surface area contributed by atoms with Crippen LogP contribution in [0.25, 0.3) is 0 Å². The number of amides is 4. The molecule has 0 saturated heterocycles. The molecule has 1 rings (SSSR count). The van der Waals surface area contributed by atoms with E-state index in [1.807, 2.05) is 0 Å². The molecule has 0 bridgehead atoms. The molecule has 0 aromatic heterocycles.